The van der Waals surface area contributed by atoms with Gasteiger partial charge in [-0.1, -0.05) is 12.1 Å². The molecule has 5 heteroatoms. The number of rotatable bonds is 6. The number of nitrogens with zero attached hydrogens (tertiary/aromatic N) is 1. The van der Waals surface area contributed by atoms with Crippen molar-refractivity contribution in [2.24, 2.45) is 0 Å². The molecule has 0 aliphatic carbocycles. The van der Waals surface area contributed by atoms with Crippen LogP contribution in [0.5, 0.6) is 0 Å². The lowest BCUT2D eigenvalue weighted by Crippen LogP contribution is -2.27. The highest BCUT2D eigenvalue weighted by molar-refractivity contribution is 5.76. The molecule has 1 atom stereocenters. The molecular weight excluding hydrogens is 281 g/mol. The maximum atomic E-state index is 12.8. The lowest BCUT2D eigenvalue weighted by Gasteiger charge is -2.14. The van der Waals surface area contributed by atoms with Crippen LogP contribution in [0.2, 0.25) is 0 Å². The molecule has 2 rings (SSSR count). The number of carbonyl (C=O) groups excluding carboxylic acids is 1. The molecule has 0 radical (unpaired) electrons. The third-order valence-electron chi connectivity index (χ3n) is 3.78. The van der Waals surface area contributed by atoms with Crippen LogP contribution in [0.25, 0.3) is 0 Å². The van der Waals surface area contributed by atoms with Crippen LogP contribution in [-0.2, 0) is 11.2 Å². The molecule has 0 aliphatic heterocycles. The van der Waals surface area contributed by atoms with Crippen molar-refractivity contribution in [2.75, 3.05) is 0 Å². The van der Waals surface area contributed by atoms with Gasteiger partial charge in [0.1, 0.15) is 5.82 Å². The third-order valence-corrected chi connectivity index (χ3v) is 3.78. The second-order valence-electron chi connectivity index (χ2n) is 5.62. The molecule has 0 saturated carbocycles. The molecule has 118 valence electrons. The summed E-state index contributed by atoms with van der Waals surface area (Å²) < 4.78 is 12.8. The first-order valence-corrected chi connectivity index (χ1v) is 7.52. The van der Waals surface area contributed by atoms with Gasteiger partial charge in [-0.05, 0) is 51.3 Å². The number of hydrogen-bond donors (Lipinski definition) is 2. The molecule has 1 aromatic heterocycles. The van der Waals surface area contributed by atoms with Crippen LogP contribution in [0.4, 0.5) is 4.39 Å². The fourth-order valence-corrected chi connectivity index (χ4v) is 2.69. The number of aromatic amines is 1. The smallest absolute Gasteiger partial charge is 0.220 e. The van der Waals surface area contributed by atoms with Gasteiger partial charge in [0.2, 0.25) is 5.91 Å². The van der Waals surface area contributed by atoms with Crippen molar-refractivity contribution in [2.45, 2.75) is 46.1 Å². The van der Waals surface area contributed by atoms with Gasteiger partial charge in [-0.3, -0.25) is 9.89 Å². The standard InChI is InChI=1S/C17H22FN3O/c1-11(17-12(2)20-21-13(17)3)19-16(22)6-4-5-14-7-9-15(18)10-8-14/h7-11H,4-6H2,1-3H3,(H,19,22)(H,20,21)/t11-/m1/s1. The van der Waals surface area contributed by atoms with E-state index in [4.69, 9.17) is 0 Å². The first kappa shape index (κ1) is 16.2. The fourth-order valence-electron chi connectivity index (χ4n) is 2.69. The number of benzene rings is 1. The Morgan fingerprint density at radius 3 is 2.59 bits per heavy atom. The van der Waals surface area contributed by atoms with Gasteiger partial charge in [-0.25, -0.2) is 4.39 Å². The van der Waals surface area contributed by atoms with Gasteiger partial charge in [0.05, 0.1) is 11.7 Å². The summed E-state index contributed by atoms with van der Waals surface area (Å²) in [6, 6.07) is 6.35. The molecule has 0 unspecified atom stereocenters. The lowest BCUT2D eigenvalue weighted by atomic mass is 10.1. The first-order chi connectivity index (χ1) is 10.5. The molecular formula is C17H22FN3O. The van der Waals surface area contributed by atoms with Crippen LogP contribution >= 0.6 is 0 Å². The summed E-state index contributed by atoms with van der Waals surface area (Å²) in [6.45, 7) is 5.84. The molecule has 0 fully saturated rings. The van der Waals surface area contributed by atoms with Crippen molar-refractivity contribution in [1.29, 1.82) is 0 Å². The zero-order valence-corrected chi connectivity index (χ0v) is 13.2. The van der Waals surface area contributed by atoms with E-state index in [2.05, 4.69) is 15.5 Å². The number of aryl methyl sites for hydroxylation is 3. The maximum absolute atomic E-state index is 12.8. The van der Waals surface area contributed by atoms with Crippen LogP contribution in [0.1, 0.15) is 48.3 Å². The van der Waals surface area contributed by atoms with Crippen LogP contribution in [-0.4, -0.2) is 16.1 Å². The van der Waals surface area contributed by atoms with E-state index in [-0.39, 0.29) is 17.8 Å². The largest absolute Gasteiger partial charge is 0.349 e. The minimum Gasteiger partial charge on any atom is -0.349 e. The highest BCUT2D eigenvalue weighted by Crippen LogP contribution is 2.19. The normalized spacial score (nSPS) is 12.2. The van der Waals surface area contributed by atoms with E-state index in [1.165, 1.54) is 12.1 Å². The topological polar surface area (TPSA) is 57.8 Å². The zero-order valence-electron chi connectivity index (χ0n) is 13.2. The SMILES string of the molecule is Cc1n[nH]c(C)c1[C@@H](C)NC(=O)CCCc1ccc(F)cc1. The van der Waals surface area contributed by atoms with Crippen LogP contribution < -0.4 is 5.32 Å². The number of nitrogens with one attached hydrogen (secondary N) is 2. The summed E-state index contributed by atoms with van der Waals surface area (Å²) in [4.78, 5) is 12.0. The number of halogens is 1. The van der Waals surface area contributed by atoms with Crippen molar-refractivity contribution in [3.8, 4) is 0 Å². The Morgan fingerprint density at radius 2 is 2.00 bits per heavy atom. The highest BCUT2D eigenvalue weighted by Gasteiger charge is 2.16. The number of aromatic nitrogens is 2. The van der Waals surface area contributed by atoms with Crippen LogP contribution in [0, 0.1) is 19.7 Å². The molecule has 1 aromatic carbocycles. The van der Waals surface area contributed by atoms with Crippen molar-refractivity contribution in [3.63, 3.8) is 0 Å². The minimum atomic E-state index is -0.235. The molecule has 2 aromatic rings. The van der Waals surface area contributed by atoms with E-state index in [9.17, 15) is 9.18 Å². The number of carbonyl (C=O) groups is 1. The van der Waals surface area contributed by atoms with Gasteiger partial charge in [-0.15, -0.1) is 0 Å². The quantitative estimate of drug-likeness (QED) is 0.859. The average molecular weight is 303 g/mol. The second kappa shape index (κ2) is 7.20. The molecule has 1 amide bonds. The predicted octanol–water partition coefficient (Wildman–Crippen LogP) is 3.37. The van der Waals surface area contributed by atoms with Crippen molar-refractivity contribution < 1.29 is 9.18 Å². The Hall–Kier alpha value is -2.17. The number of H-pyrrole nitrogens is 1. The van der Waals surface area contributed by atoms with Crippen LogP contribution in [0.15, 0.2) is 24.3 Å². The van der Waals surface area contributed by atoms with E-state index in [1.807, 2.05) is 20.8 Å². The van der Waals surface area contributed by atoms with Crippen LogP contribution in [0.3, 0.4) is 0 Å². The summed E-state index contributed by atoms with van der Waals surface area (Å²) >= 11 is 0. The zero-order chi connectivity index (χ0) is 16.1. The Balaban J connectivity index is 1.79. The average Bonchev–Trinajstić information content (AvgIpc) is 2.80. The molecule has 0 saturated heterocycles. The molecule has 2 N–H and O–H groups in total. The molecule has 22 heavy (non-hydrogen) atoms. The lowest BCUT2D eigenvalue weighted by molar-refractivity contribution is -0.121. The summed E-state index contributed by atoms with van der Waals surface area (Å²) in [5.74, 6) is -0.212. The van der Waals surface area contributed by atoms with E-state index in [0.29, 0.717) is 6.42 Å². The first-order valence-electron chi connectivity index (χ1n) is 7.52. The highest BCUT2D eigenvalue weighted by atomic mass is 19.1. The fraction of sp³-hybridized carbons (Fsp3) is 0.412. The summed E-state index contributed by atoms with van der Waals surface area (Å²) in [6.07, 6.45) is 1.97. The van der Waals surface area contributed by atoms with Crippen molar-refractivity contribution >= 4 is 5.91 Å². The molecule has 1 heterocycles. The van der Waals surface area contributed by atoms with Gasteiger partial charge in [0, 0.05) is 17.7 Å². The second-order valence-corrected chi connectivity index (χ2v) is 5.62. The third kappa shape index (κ3) is 4.16. The van der Waals surface area contributed by atoms with Crippen molar-refractivity contribution in [1.82, 2.24) is 15.5 Å². The Morgan fingerprint density at radius 1 is 1.32 bits per heavy atom. The van der Waals surface area contributed by atoms with E-state index in [0.717, 1.165) is 35.4 Å². The summed E-state index contributed by atoms with van der Waals surface area (Å²) in [5, 5.41) is 10.1. The minimum absolute atomic E-state index is 0.0228. The Labute approximate surface area is 130 Å². The monoisotopic (exact) mass is 303 g/mol. The molecule has 0 bridgehead atoms. The molecule has 0 spiro atoms. The predicted molar refractivity (Wildman–Crippen MR) is 84.0 cm³/mol. The van der Waals surface area contributed by atoms with Crippen molar-refractivity contribution in [3.05, 3.63) is 52.6 Å². The maximum Gasteiger partial charge on any atom is 0.220 e. The number of hydrogen-bond acceptors (Lipinski definition) is 2. The molecule has 4 nitrogen and oxygen atoms in total. The van der Waals surface area contributed by atoms with Gasteiger partial charge in [0.25, 0.3) is 0 Å². The van der Waals surface area contributed by atoms with E-state index in [1.54, 1.807) is 12.1 Å². The number of amides is 1. The van der Waals surface area contributed by atoms with E-state index < -0.39 is 0 Å². The van der Waals surface area contributed by atoms with Gasteiger partial charge >= 0.3 is 0 Å². The Kier molecular flexibility index (Phi) is 5.31. The van der Waals surface area contributed by atoms with Gasteiger partial charge in [0.15, 0.2) is 0 Å². The summed E-state index contributed by atoms with van der Waals surface area (Å²) in [5.41, 5.74) is 3.99. The van der Waals surface area contributed by atoms with E-state index >= 15 is 0 Å². The molecule has 0 aliphatic rings. The summed E-state index contributed by atoms with van der Waals surface area (Å²) in [7, 11) is 0. The van der Waals surface area contributed by atoms with Gasteiger partial charge < -0.3 is 5.32 Å². The van der Waals surface area contributed by atoms with Gasteiger partial charge in [-0.2, -0.15) is 5.10 Å². The Bertz CT molecular complexity index is 614.